The van der Waals surface area contributed by atoms with Gasteiger partial charge in [0.05, 0.1) is 6.10 Å². The second kappa shape index (κ2) is 5.72. The van der Waals surface area contributed by atoms with Gasteiger partial charge in [-0.25, -0.2) is 0 Å². The Morgan fingerprint density at radius 2 is 2.05 bits per heavy atom. The minimum absolute atomic E-state index is 0.0302. The summed E-state index contributed by atoms with van der Waals surface area (Å²) in [4.78, 5) is 26.4. The third-order valence-electron chi connectivity index (χ3n) is 4.25. The molecule has 2 aliphatic heterocycles. The van der Waals surface area contributed by atoms with E-state index < -0.39 is 6.04 Å². The number of nitrogens with zero attached hydrogens (tertiary/aromatic N) is 1. The number of amides is 2. The Morgan fingerprint density at radius 1 is 1.35 bits per heavy atom. The molecule has 0 aromatic rings. The van der Waals surface area contributed by atoms with Crippen molar-refractivity contribution in [2.24, 2.45) is 5.41 Å². The Bertz CT molecular complexity index is 383. The van der Waals surface area contributed by atoms with Gasteiger partial charge in [0.25, 0.3) is 0 Å². The first-order valence-electron chi connectivity index (χ1n) is 7.53. The van der Waals surface area contributed by atoms with E-state index in [-0.39, 0.29) is 29.4 Å². The fourth-order valence-electron chi connectivity index (χ4n) is 2.87. The number of rotatable bonds is 3. The van der Waals surface area contributed by atoms with Crippen molar-refractivity contribution >= 4 is 11.8 Å². The Kier molecular flexibility index (Phi) is 4.37. The van der Waals surface area contributed by atoms with Crippen molar-refractivity contribution in [1.82, 2.24) is 10.2 Å². The zero-order valence-corrected chi connectivity index (χ0v) is 12.9. The second-order valence-electron chi connectivity index (χ2n) is 6.94. The Morgan fingerprint density at radius 3 is 2.60 bits per heavy atom. The van der Waals surface area contributed by atoms with Gasteiger partial charge in [0.2, 0.25) is 11.8 Å². The zero-order valence-electron chi connectivity index (χ0n) is 12.9. The van der Waals surface area contributed by atoms with Gasteiger partial charge in [0.1, 0.15) is 12.1 Å². The molecular weight excluding hydrogens is 256 g/mol. The van der Waals surface area contributed by atoms with Gasteiger partial charge in [-0.3, -0.25) is 9.59 Å². The number of carbonyl (C=O) groups is 2. The molecular formula is C15H26N2O3. The lowest BCUT2D eigenvalue weighted by Crippen LogP contribution is -2.66. The van der Waals surface area contributed by atoms with Crippen molar-refractivity contribution in [2.75, 3.05) is 13.2 Å². The van der Waals surface area contributed by atoms with Crippen molar-refractivity contribution in [2.45, 2.75) is 65.1 Å². The van der Waals surface area contributed by atoms with Crippen LogP contribution in [-0.2, 0) is 14.3 Å². The third kappa shape index (κ3) is 3.14. The first-order chi connectivity index (χ1) is 9.30. The quantitative estimate of drug-likeness (QED) is 0.849. The molecule has 114 valence electrons. The molecule has 0 saturated carbocycles. The Balaban J connectivity index is 2.03. The molecule has 5 nitrogen and oxygen atoms in total. The average molecular weight is 282 g/mol. The van der Waals surface area contributed by atoms with Crippen LogP contribution in [0.15, 0.2) is 0 Å². The van der Waals surface area contributed by atoms with Gasteiger partial charge in [0.15, 0.2) is 0 Å². The van der Waals surface area contributed by atoms with Crippen molar-refractivity contribution in [3.8, 4) is 0 Å². The molecule has 2 amide bonds. The van der Waals surface area contributed by atoms with Crippen LogP contribution in [0.3, 0.4) is 0 Å². The normalized spacial score (nSPS) is 31.6. The number of hydrogen-bond acceptors (Lipinski definition) is 3. The fourth-order valence-corrected chi connectivity index (χ4v) is 2.87. The molecule has 2 fully saturated rings. The molecule has 20 heavy (non-hydrogen) atoms. The largest absolute Gasteiger partial charge is 0.378 e. The molecule has 2 aliphatic rings. The molecule has 1 N–H and O–H groups in total. The number of ether oxygens (including phenoxy) is 1. The molecule has 0 aliphatic carbocycles. The molecule has 0 radical (unpaired) electrons. The van der Waals surface area contributed by atoms with Gasteiger partial charge < -0.3 is 15.0 Å². The topological polar surface area (TPSA) is 58.6 Å². The summed E-state index contributed by atoms with van der Waals surface area (Å²) in [7, 11) is 0. The first-order valence-corrected chi connectivity index (χ1v) is 7.53. The SMILES string of the molecule is CC1C(=O)NC(C(C)(C)C)C(=O)N1CCC1CCCO1. The van der Waals surface area contributed by atoms with Crippen LogP contribution in [0.25, 0.3) is 0 Å². The Labute approximate surface area is 121 Å². The highest BCUT2D eigenvalue weighted by atomic mass is 16.5. The minimum atomic E-state index is -0.435. The van der Waals surface area contributed by atoms with Crippen LogP contribution in [0, 0.1) is 5.41 Å². The summed E-state index contributed by atoms with van der Waals surface area (Å²) >= 11 is 0. The lowest BCUT2D eigenvalue weighted by molar-refractivity contribution is -0.152. The van der Waals surface area contributed by atoms with Crippen LogP contribution in [0.1, 0.15) is 47.0 Å². The maximum atomic E-state index is 12.6. The van der Waals surface area contributed by atoms with E-state index in [1.165, 1.54) is 0 Å². The fraction of sp³-hybridized carbons (Fsp3) is 0.867. The summed E-state index contributed by atoms with van der Waals surface area (Å²) in [6, 6.07) is -0.821. The molecule has 0 aromatic carbocycles. The highest BCUT2D eigenvalue weighted by molar-refractivity contribution is 5.97. The maximum absolute atomic E-state index is 12.6. The van der Waals surface area contributed by atoms with E-state index in [4.69, 9.17) is 4.74 Å². The number of piperazine rings is 1. The maximum Gasteiger partial charge on any atom is 0.246 e. The average Bonchev–Trinajstić information content (AvgIpc) is 2.85. The molecule has 0 bridgehead atoms. The van der Waals surface area contributed by atoms with E-state index >= 15 is 0 Å². The summed E-state index contributed by atoms with van der Waals surface area (Å²) < 4.78 is 5.60. The number of hydrogen-bond donors (Lipinski definition) is 1. The van der Waals surface area contributed by atoms with Crippen LogP contribution < -0.4 is 5.32 Å². The van der Waals surface area contributed by atoms with Crippen molar-refractivity contribution in [1.29, 1.82) is 0 Å². The molecule has 5 heteroatoms. The molecule has 2 saturated heterocycles. The van der Waals surface area contributed by atoms with Crippen LogP contribution in [0.5, 0.6) is 0 Å². The van der Waals surface area contributed by atoms with E-state index in [0.717, 1.165) is 25.9 Å². The van der Waals surface area contributed by atoms with Gasteiger partial charge >= 0.3 is 0 Å². The van der Waals surface area contributed by atoms with E-state index in [1.54, 1.807) is 11.8 Å². The van der Waals surface area contributed by atoms with E-state index in [2.05, 4.69) is 5.32 Å². The number of nitrogens with one attached hydrogen (secondary N) is 1. The smallest absolute Gasteiger partial charge is 0.246 e. The van der Waals surface area contributed by atoms with E-state index in [0.29, 0.717) is 6.54 Å². The number of carbonyl (C=O) groups excluding carboxylic acids is 2. The lowest BCUT2D eigenvalue weighted by Gasteiger charge is -2.42. The summed E-state index contributed by atoms with van der Waals surface area (Å²) in [6.07, 6.45) is 3.22. The molecule has 3 atom stereocenters. The van der Waals surface area contributed by atoms with Crippen LogP contribution in [0.2, 0.25) is 0 Å². The summed E-state index contributed by atoms with van der Waals surface area (Å²) in [5, 5.41) is 2.85. The van der Waals surface area contributed by atoms with Gasteiger partial charge in [0, 0.05) is 13.2 Å². The highest BCUT2D eigenvalue weighted by Crippen LogP contribution is 2.26. The first kappa shape index (κ1) is 15.3. The minimum Gasteiger partial charge on any atom is -0.378 e. The van der Waals surface area contributed by atoms with Crippen molar-refractivity contribution < 1.29 is 14.3 Å². The Hall–Kier alpha value is -1.10. The molecule has 0 aromatic heterocycles. The zero-order chi connectivity index (χ0) is 14.9. The molecule has 2 rings (SSSR count). The predicted molar refractivity (Wildman–Crippen MR) is 76.2 cm³/mol. The van der Waals surface area contributed by atoms with Gasteiger partial charge in [-0.1, -0.05) is 20.8 Å². The van der Waals surface area contributed by atoms with Crippen LogP contribution in [0.4, 0.5) is 0 Å². The summed E-state index contributed by atoms with van der Waals surface area (Å²) in [5.74, 6) is -0.0283. The highest BCUT2D eigenvalue weighted by Gasteiger charge is 2.43. The van der Waals surface area contributed by atoms with Crippen LogP contribution in [-0.4, -0.2) is 48.1 Å². The van der Waals surface area contributed by atoms with Gasteiger partial charge in [-0.15, -0.1) is 0 Å². The van der Waals surface area contributed by atoms with Crippen LogP contribution >= 0.6 is 0 Å². The van der Waals surface area contributed by atoms with E-state index in [1.807, 2.05) is 20.8 Å². The monoisotopic (exact) mass is 282 g/mol. The summed E-state index contributed by atoms with van der Waals surface area (Å²) in [6.45, 7) is 9.14. The lowest BCUT2D eigenvalue weighted by atomic mass is 9.84. The van der Waals surface area contributed by atoms with E-state index in [9.17, 15) is 9.59 Å². The van der Waals surface area contributed by atoms with Crippen molar-refractivity contribution in [3.05, 3.63) is 0 Å². The third-order valence-corrected chi connectivity index (χ3v) is 4.25. The van der Waals surface area contributed by atoms with Gasteiger partial charge in [-0.05, 0) is 31.6 Å². The molecule has 0 spiro atoms. The molecule has 2 heterocycles. The predicted octanol–water partition coefficient (Wildman–Crippen LogP) is 1.32. The summed E-state index contributed by atoms with van der Waals surface area (Å²) in [5.41, 5.74) is -0.269. The van der Waals surface area contributed by atoms with Crippen molar-refractivity contribution in [3.63, 3.8) is 0 Å². The molecule has 3 unspecified atom stereocenters. The standard InChI is InChI=1S/C15H26N2O3/c1-10-13(18)16-12(15(2,3)4)14(19)17(10)8-7-11-6-5-9-20-11/h10-12H,5-9H2,1-4H3,(H,16,18). The second-order valence-corrected chi connectivity index (χ2v) is 6.94. The van der Waals surface area contributed by atoms with Gasteiger partial charge in [-0.2, -0.15) is 0 Å².